The Morgan fingerprint density at radius 2 is 1.83 bits per heavy atom. The first-order valence-electron chi connectivity index (χ1n) is 7.00. The second-order valence-electron chi connectivity index (χ2n) is 5.98. The molecule has 5 atom stereocenters. The highest BCUT2D eigenvalue weighted by Gasteiger charge is 2.45. The maximum Gasteiger partial charge on any atom is 0.391 e. The van der Waals surface area contributed by atoms with Crippen LogP contribution < -0.4 is 5.32 Å². The first kappa shape index (κ1) is 12.7. The minimum atomic E-state index is -4.02. The normalized spacial score (nSPS) is 44.5. The van der Waals surface area contributed by atoms with Gasteiger partial charge in [-0.3, -0.25) is 0 Å². The number of rotatable bonds is 2. The average Bonchev–Trinajstić information content (AvgIpc) is 2.90. The summed E-state index contributed by atoms with van der Waals surface area (Å²) in [6, 6.07) is 0.319. The number of ether oxygens (including phenoxy) is 1. The van der Waals surface area contributed by atoms with Crippen LogP contribution in [0.5, 0.6) is 0 Å². The molecule has 0 aromatic carbocycles. The topological polar surface area (TPSA) is 21.3 Å². The summed E-state index contributed by atoms with van der Waals surface area (Å²) < 4.78 is 43.9. The van der Waals surface area contributed by atoms with Crippen LogP contribution in [0.25, 0.3) is 0 Å². The molecule has 0 spiro atoms. The van der Waals surface area contributed by atoms with Crippen LogP contribution in [0.2, 0.25) is 0 Å². The molecule has 5 heteroatoms. The van der Waals surface area contributed by atoms with E-state index in [1.54, 1.807) is 0 Å². The van der Waals surface area contributed by atoms with Crippen molar-refractivity contribution in [3.05, 3.63) is 0 Å². The standard InChI is InChI=1S/C13H20F3NO/c14-13(15,16)8-2-1-3-9(6-8)17-11-7-10-4-5-12(11)18-10/h8-12,17H,1-7H2. The zero-order valence-electron chi connectivity index (χ0n) is 10.4. The molecule has 2 aliphatic heterocycles. The largest absolute Gasteiger partial charge is 0.391 e. The zero-order valence-corrected chi connectivity index (χ0v) is 10.4. The zero-order chi connectivity index (χ0) is 12.8. The fourth-order valence-electron chi connectivity index (χ4n) is 3.75. The van der Waals surface area contributed by atoms with Crippen LogP contribution in [-0.2, 0) is 4.74 Å². The second kappa shape index (κ2) is 4.67. The fraction of sp³-hybridized carbons (Fsp3) is 1.00. The first-order valence-corrected chi connectivity index (χ1v) is 7.00. The molecule has 5 unspecified atom stereocenters. The molecule has 3 aliphatic rings. The van der Waals surface area contributed by atoms with Crippen molar-refractivity contribution in [2.24, 2.45) is 5.92 Å². The molecule has 0 radical (unpaired) electrons. The fourth-order valence-corrected chi connectivity index (χ4v) is 3.75. The maximum absolute atomic E-state index is 12.7. The van der Waals surface area contributed by atoms with Crippen LogP contribution in [0.3, 0.4) is 0 Å². The second-order valence-corrected chi connectivity index (χ2v) is 5.98. The smallest absolute Gasteiger partial charge is 0.373 e. The average molecular weight is 263 g/mol. The molecule has 3 fully saturated rings. The van der Waals surface area contributed by atoms with E-state index in [1.165, 1.54) is 0 Å². The Kier molecular flexibility index (Phi) is 3.30. The third kappa shape index (κ3) is 2.52. The third-order valence-corrected chi connectivity index (χ3v) is 4.69. The Morgan fingerprint density at radius 1 is 1.00 bits per heavy atom. The molecule has 104 valence electrons. The molecule has 0 aromatic rings. The summed E-state index contributed by atoms with van der Waals surface area (Å²) >= 11 is 0. The highest BCUT2D eigenvalue weighted by atomic mass is 19.4. The van der Waals surface area contributed by atoms with Crippen molar-refractivity contribution in [1.82, 2.24) is 5.32 Å². The lowest BCUT2D eigenvalue weighted by atomic mass is 9.84. The Hall–Kier alpha value is -0.290. The van der Waals surface area contributed by atoms with Crippen LogP contribution in [-0.4, -0.2) is 30.5 Å². The lowest BCUT2D eigenvalue weighted by Gasteiger charge is -2.34. The van der Waals surface area contributed by atoms with Gasteiger partial charge in [-0.2, -0.15) is 13.2 Å². The molecule has 0 amide bonds. The number of hydrogen-bond acceptors (Lipinski definition) is 2. The highest BCUT2D eigenvalue weighted by molar-refractivity contribution is 4.96. The van der Waals surface area contributed by atoms with Crippen LogP contribution in [0.4, 0.5) is 13.2 Å². The number of fused-ring (bicyclic) bond motifs is 2. The molecule has 18 heavy (non-hydrogen) atoms. The summed E-state index contributed by atoms with van der Waals surface area (Å²) in [5.41, 5.74) is 0. The molecule has 1 saturated carbocycles. The van der Waals surface area contributed by atoms with Crippen molar-refractivity contribution in [1.29, 1.82) is 0 Å². The van der Waals surface area contributed by atoms with Gasteiger partial charge in [0, 0.05) is 12.1 Å². The van der Waals surface area contributed by atoms with Crippen molar-refractivity contribution in [3.63, 3.8) is 0 Å². The van der Waals surface area contributed by atoms with Gasteiger partial charge in [0.15, 0.2) is 0 Å². The van der Waals surface area contributed by atoms with Crippen LogP contribution in [0.15, 0.2) is 0 Å². The van der Waals surface area contributed by atoms with E-state index in [9.17, 15) is 13.2 Å². The summed E-state index contributed by atoms with van der Waals surface area (Å²) in [6.45, 7) is 0. The van der Waals surface area contributed by atoms with Gasteiger partial charge in [0.2, 0.25) is 0 Å². The van der Waals surface area contributed by atoms with Gasteiger partial charge in [-0.05, 0) is 38.5 Å². The van der Waals surface area contributed by atoms with Crippen molar-refractivity contribution < 1.29 is 17.9 Å². The Balaban J connectivity index is 1.54. The van der Waals surface area contributed by atoms with E-state index < -0.39 is 12.1 Å². The number of halogens is 3. The summed E-state index contributed by atoms with van der Waals surface area (Å²) in [4.78, 5) is 0. The predicted octanol–water partition coefficient (Wildman–Crippen LogP) is 3.02. The van der Waals surface area contributed by atoms with Crippen molar-refractivity contribution >= 4 is 0 Å². The summed E-state index contributed by atoms with van der Waals surface area (Å²) in [7, 11) is 0. The lowest BCUT2D eigenvalue weighted by Crippen LogP contribution is -2.47. The molecule has 2 nitrogen and oxygen atoms in total. The Morgan fingerprint density at radius 3 is 2.44 bits per heavy atom. The molecule has 2 heterocycles. The predicted molar refractivity (Wildman–Crippen MR) is 61.2 cm³/mol. The van der Waals surface area contributed by atoms with E-state index >= 15 is 0 Å². The van der Waals surface area contributed by atoms with Gasteiger partial charge >= 0.3 is 6.18 Å². The Bertz CT molecular complexity index is 307. The van der Waals surface area contributed by atoms with E-state index in [4.69, 9.17) is 4.74 Å². The van der Waals surface area contributed by atoms with E-state index in [0.717, 1.165) is 25.7 Å². The van der Waals surface area contributed by atoms with Gasteiger partial charge in [0.05, 0.1) is 18.1 Å². The Labute approximate surface area is 105 Å². The molecule has 0 aromatic heterocycles. The van der Waals surface area contributed by atoms with Gasteiger partial charge in [-0.25, -0.2) is 0 Å². The van der Waals surface area contributed by atoms with Gasteiger partial charge in [-0.15, -0.1) is 0 Å². The molecule has 1 aliphatic carbocycles. The minimum Gasteiger partial charge on any atom is -0.373 e. The van der Waals surface area contributed by atoms with Gasteiger partial charge < -0.3 is 10.1 Å². The van der Waals surface area contributed by atoms with E-state index in [2.05, 4.69) is 5.32 Å². The minimum absolute atomic E-state index is 0.0262. The summed E-state index contributed by atoms with van der Waals surface area (Å²) in [5.74, 6) is -1.11. The molecule has 1 N–H and O–H groups in total. The van der Waals surface area contributed by atoms with Gasteiger partial charge in [0.25, 0.3) is 0 Å². The number of nitrogens with one attached hydrogen (secondary N) is 1. The number of alkyl halides is 3. The van der Waals surface area contributed by atoms with Crippen molar-refractivity contribution in [2.75, 3.05) is 0 Å². The summed E-state index contributed by atoms with van der Waals surface area (Å²) in [6.07, 6.45) is 1.87. The molecular formula is C13H20F3NO. The van der Waals surface area contributed by atoms with Crippen molar-refractivity contribution in [3.8, 4) is 0 Å². The molecule has 2 saturated heterocycles. The third-order valence-electron chi connectivity index (χ3n) is 4.69. The molecule has 3 rings (SSSR count). The summed E-state index contributed by atoms with van der Waals surface area (Å²) in [5, 5.41) is 3.43. The van der Waals surface area contributed by atoms with Crippen LogP contribution in [0, 0.1) is 5.92 Å². The maximum atomic E-state index is 12.7. The molecule has 2 bridgehead atoms. The quantitative estimate of drug-likeness (QED) is 0.827. The van der Waals surface area contributed by atoms with Crippen LogP contribution in [0.1, 0.15) is 44.9 Å². The lowest BCUT2D eigenvalue weighted by molar-refractivity contribution is -0.184. The monoisotopic (exact) mass is 263 g/mol. The van der Waals surface area contributed by atoms with Crippen LogP contribution >= 0.6 is 0 Å². The van der Waals surface area contributed by atoms with E-state index in [-0.39, 0.29) is 18.6 Å². The van der Waals surface area contributed by atoms with Gasteiger partial charge in [0.1, 0.15) is 0 Å². The number of hydrogen-bond donors (Lipinski definition) is 1. The highest BCUT2D eigenvalue weighted by Crippen LogP contribution is 2.39. The van der Waals surface area contributed by atoms with E-state index in [0.29, 0.717) is 25.0 Å². The molecular weight excluding hydrogens is 243 g/mol. The SMILES string of the molecule is FC(F)(F)C1CCCC(NC2CC3CCC2O3)C1. The van der Waals surface area contributed by atoms with Gasteiger partial charge in [-0.1, -0.05) is 6.42 Å². The van der Waals surface area contributed by atoms with Crippen molar-refractivity contribution in [2.45, 2.75) is 75.4 Å². The first-order chi connectivity index (χ1) is 8.52. The van der Waals surface area contributed by atoms with E-state index in [1.807, 2.05) is 0 Å².